The van der Waals surface area contributed by atoms with Crippen molar-refractivity contribution in [2.45, 2.75) is 44.5 Å². The van der Waals surface area contributed by atoms with Gasteiger partial charge in [-0.2, -0.15) is 18.3 Å². The highest BCUT2D eigenvalue weighted by molar-refractivity contribution is 6.30. The van der Waals surface area contributed by atoms with Crippen LogP contribution in [0.3, 0.4) is 0 Å². The number of nitrogens with zero attached hydrogens (tertiary/aromatic N) is 2. The molecule has 1 aromatic carbocycles. The molecule has 0 radical (unpaired) electrons. The number of rotatable bonds is 9. The molecule has 10 heteroatoms. The van der Waals surface area contributed by atoms with E-state index in [0.717, 1.165) is 18.9 Å². The van der Waals surface area contributed by atoms with Crippen molar-refractivity contribution in [1.29, 1.82) is 0 Å². The van der Waals surface area contributed by atoms with Crippen molar-refractivity contribution < 1.29 is 27.1 Å². The number of hydrogen-bond acceptors (Lipinski definition) is 4. The lowest BCUT2D eigenvalue weighted by atomic mass is 10.2. The van der Waals surface area contributed by atoms with E-state index in [1.807, 2.05) is 0 Å². The van der Waals surface area contributed by atoms with Gasteiger partial charge in [0.15, 0.2) is 11.5 Å². The summed E-state index contributed by atoms with van der Waals surface area (Å²) in [5, 5.41) is 7.03. The molecule has 0 aliphatic heterocycles. The third-order valence-electron chi connectivity index (χ3n) is 5.01. The summed E-state index contributed by atoms with van der Waals surface area (Å²) in [5.41, 5.74) is -0.257. The molecule has 4 rings (SSSR count). The lowest BCUT2D eigenvalue weighted by Crippen LogP contribution is -2.25. The lowest BCUT2D eigenvalue weighted by molar-refractivity contribution is -0.141. The van der Waals surface area contributed by atoms with E-state index in [1.165, 1.54) is 4.68 Å². The maximum atomic E-state index is 13.0. The second-order valence-electron chi connectivity index (χ2n) is 7.57. The van der Waals surface area contributed by atoms with E-state index in [2.05, 4.69) is 10.4 Å². The van der Waals surface area contributed by atoms with Crippen LogP contribution in [0.2, 0.25) is 5.02 Å². The molecule has 170 valence electrons. The number of alkyl halides is 3. The zero-order valence-electron chi connectivity index (χ0n) is 17.0. The predicted molar refractivity (Wildman–Crippen MR) is 111 cm³/mol. The first kappa shape index (κ1) is 22.3. The molecule has 0 saturated heterocycles. The topological polar surface area (TPSA) is 69.3 Å². The Hall–Kier alpha value is -2.94. The highest BCUT2D eigenvalue weighted by atomic mass is 35.5. The summed E-state index contributed by atoms with van der Waals surface area (Å²) in [5.74, 6) is 0.980. The van der Waals surface area contributed by atoms with E-state index < -0.39 is 17.8 Å². The highest BCUT2D eigenvalue weighted by Gasteiger charge is 2.37. The largest absolute Gasteiger partial charge is 0.486 e. The van der Waals surface area contributed by atoms with Crippen LogP contribution >= 0.6 is 11.6 Å². The molecule has 1 N–H and O–H groups in total. The van der Waals surface area contributed by atoms with E-state index >= 15 is 0 Å². The molecule has 1 fully saturated rings. The van der Waals surface area contributed by atoms with Crippen molar-refractivity contribution in [2.24, 2.45) is 0 Å². The zero-order chi connectivity index (χ0) is 22.7. The number of aryl methyl sites for hydroxylation is 1. The van der Waals surface area contributed by atoms with Crippen molar-refractivity contribution in [3.05, 3.63) is 70.4 Å². The summed E-state index contributed by atoms with van der Waals surface area (Å²) in [4.78, 5) is 12.3. The van der Waals surface area contributed by atoms with Crippen LogP contribution in [-0.4, -0.2) is 22.2 Å². The second-order valence-corrected chi connectivity index (χ2v) is 8.00. The summed E-state index contributed by atoms with van der Waals surface area (Å²) < 4.78 is 51.4. The van der Waals surface area contributed by atoms with Crippen LogP contribution in [-0.2, 0) is 19.3 Å². The van der Waals surface area contributed by atoms with Crippen molar-refractivity contribution in [2.75, 3.05) is 6.54 Å². The molecule has 2 aromatic heterocycles. The van der Waals surface area contributed by atoms with Gasteiger partial charge in [-0.05, 0) is 61.7 Å². The molecule has 1 aliphatic carbocycles. The number of carbonyl (C=O) groups is 1. The summed E-state index contributed by atoms with van der Waals surface area (Å²) >= 11 is 5.83. The smallest absolute Gasteiger partial charge is 0.435 e. The van der Waals surface area contributed by atoms with Gasteiger partial charge in [-0.1, -0.05) is 11.6 Å². The second kappa shape index (κ2) is 9.28. The fourth-order valence-corrected chi connectivity index (χ4v) is 3.36. The summed E-state index contributed by atoms with van der Waals surface area (Å²) in [6, 6.07) is 11.2. The van der Waals surface area contributed by atoms with Crippen LogP contribution in [0.4, 0.5) is 13.2 Å². The molecule has 0 bridgehead atoms. The number of benzene rings is 1. The molecular formula is C22H21ClF3N3O3. The Morgan fingerprint density at radius 3 is 2.66 bits per heavy atom. The monoisotopic (exact) mass is 467 g/mol. The van der Waals surface area contributed by atoms with Crippen LogP contribution in [0.15, 0.2) is 46.9 Å². The van der Waals surface area contributed by atoms with E-state index in [4.69, 9.17) is 20.8 Å². The fourth-order valence-electron chi connectivity index (χ4n) is 3.24. The van der Waals surface area contributed by atoms with Crippen LogP contribution in [0.25, 0.3) is 0 Å². The minimum atomic E-state index is -4.46. The average Bonchev–Trinajstić information content (AvgIpc) is 3.31. The SMILES string of the molecule is O=C(NCCCn1nc(C(F)(F)F)cc1C1CC1)c1ccc(COc2ccc(Cl)cc2)o1. The first-order valence-electron chi connectivity index (χ1n) is 10.2. The van der Waals surface area contributed by atoms with E-state index in [0.29, 0.717) is 35.2 Å². The Labute approximate surface area is 187 Å². The number of halogens is 4. The highest BCUT2D eigenvalue weighted by Crippen LogP contribution is 2.42. The summed E-state index contributed by atoms with van der Waals surface area (Å²) in [6.07, 6.45) is -2.26. The number of amides is 1. The van der Waals surface area contributed by atoms with Gasteiger partial charge in [0.25, 0.3) is 5.91 Å². The van der Waals surface area contributed by atoms with Gasteiger partial charge in [0.05, 0.1) is 0 Å². The number of furan rings is 1. The lowest BCUT2D eigenvalue weighted by Gasteiger charge is -2.07. The number of hydrogen-bond donors (Lipinski definition) is 1. The maximum Gasteiger partial charge on any atom is 0.435 e. The van der Waals surface area contributed by atoms with Crippen LogP contribution in [0.1, 0.15) is 52.9 Å². The molecule has 6 nitrogen and oxygen atoms in total. The van der Waals surface area contributed by atoms with Gasteiger partial charge >= 0.3 is 6.18 Å². The van der Waals surface area contributed by atoms with Crippen LogP contribution in [0.5, 0.6) is 5.75 Å². The summed E-state index contributed by atoms with van der Waals surface area (Å²) in [7, 11) is 0. The van der Waals surface area contributed by atoms with E-state index in [-0.39, 0.29) is 24.8 Å². The average molecular weight is 468 g/mol. The molecule has 3 aromatic rings. The normalized spacial score (nSPS) is 13.9. The molecule has 1 saturated carbocycles. The van der Waals surface area contributed by atoms with Gasteiger partial charge in [0.2, 0.25) is 0 Å². The van der Waals surface area contributed by atoms with Gasteiger partial charge in [0.1, 0.15) is 18.1 Å². The van der Waals surface area contributed by atoms with Crippen LogP contribution < -0.4 is 10.1 Å². The Morgan fingerprint density at radius 2 is 1.97 bits per heavy atom. The number of ether oxygens (including phenoxy) is 1. The third-order valence-corrected chi connectivity index (χ3v) is 5.26. The van der Waals surface area contributed by atoms with Crippen molar-refractivity contribution >= 4 is 17.5 Å². The maximum absolute atomic E-state index is 13.0. The van der Waals surface area contributed by atoms with Gasteiger partial charge in [0, 0.05) is 29.7 Å². The first-order chi connectivity index (χ1) is 15.3. The Morgan fingerprint density at radius 1 is 1.22 bits per heavy atom. The summed E-state index contributed by atoms with van der Waals surface area (Å²) in [6.45, 7) is 0.724. The minimum Gasteiger partial charge on any atom is -0.486 e. The molecule has 1 aliphatic rings. The molecule has 1 amide bonds. The van der Waals surface area contributed by atoms with Crippen LogP contribution in [0, 0.1) is 0 Å². The van der Waals surface area contributed by atoms with Gasteiger partial charge in [-0.3, -0.25) is 9.48 Å². The van der Waals surface area contributed by atoms with Gasteiger partial charge in [-0.25, -0.2) is 0 Å². The standard InChI is InChI=1S/C22H21ClF3N3O3/c23-15-4-6-16(7-5-15)31-13-17-8-9-19(32-17)21(30)27-10-1-11-29-18(14-2-3-14)12-20(28-29)22(24,25)26/h4-9,12,14H,1-3,10-11,13H2,(H,27,30). The molecule has 0 spiro atoms. The molecule has 0 atom stereocenters. The molecule has 2 heterocycles. The van der Waals surface area contributed by atoms with Gasteiger partial charge < -0.3 is 14.5 Å². The Kier molecular flexibility index (Phi) is 6.45. The first-order valence-corrected chi connectivity index (χ1v) is 10.6. The molecule has 32 heavy (non-hydrogen) atoms. The third kappa shape index (κ3) is 5.64. The zero-order valence-corrected chi connectivity index (χ0v) is 17.7. The van der Waals surface area contributed by atoms with Crippen molar-refractivity contribution in [3.63, 3.8) is 0 Å². The van der Waals surface area contributed by atoms with E-state index in [1.54, 1.807) is 36.4 Å². The molecular weight excluding hydrogens is 447 g/mol. The minimum absolute atomic E-state index is 0.136. The predicted octanol–water partition coefficient (Wildman–Crippen LogP) is 5.42. The fraction of sp³-hybridized carbons (Fsp3) is 0.364. The molecule has 0 unspecified atom stereocenters. The number of nitrogens with one attached hydrogen (secondary N) is 1. The Balaban J connectivity index is 1.24. The Bertz CT molecular complexity index is 1070. The van der Waals surface area contributed by atoms with Crippen molar-refractivity contribution in [3.8, 4) is 5.75 Å². The quantitative estimate of drug-likeness (QED) is 0.426. The van der Waals surface area contributed by atoms with E-state index in [9.17, 15) is 18.0 Å². The number of aromatic nitrogens is 2. The number of carbonyl (C=O) groups excluding carboxylic acids is 1. The van der Waals surface area contributed by atoms with Crippen molar-refractivity contribution in [1.82, 2.24) is 15.1 Å². The van der Waals surface area contributed by atoms with Gasteiger partial charge in [-0.15, -0.1) is 0 Å².